The molecule has 20 heavy (non-hydrogen) atoms. The Balaban J connectivity index is 1.91. The summed E-state index contributed by atoms with van der Waals surface area (Å²) < 4.78 is 10.4. The van der Waals surface area contributed by atoms with Gasteiger partial charge < -0.3 is 14.4 Å². The predicted molar refractivity (Wildman–Crippen MR) is 71.9 cm³/mol. The van der Waals surface area contributed by atoms with Crippen molar-refractivity contribution in [3.05, 3.63) is 29.8 Å². The van der Waals surface area contributed by atoms with Gasteiger partial charge in [-0.05, 0) is 0 Å². The molecule has 0 bridgehead atoms. The first-order valence-electron chi connectivity index (χ1n) is 6.30. The topological polar surface area (TPSA) is 73.3 Å². The first-order chi connectivity index (χ1) is 9.81. The van der Waals surface area contributed by atoms with Crippen LogP contribution in [0.25, 0.3) is 0 Å². The van der Waals surface area contributed by atoms with Crippen molar-refractivity contribution < 1.29 is 9.47 Å². The van der Waals surface area contributed by atoms with Crippen LogP contribution in [-0.4, -0.2) is 40.7 Å². The van der Waals surface area contributed by atoms with Gasteiger partial charge in [-0.25, -0.2) is 15.0 Å². The molecule has 7 nitrogen and oxygen atoms in total. The second-order valence-electron chi connectivity index (χ2n) is 4.38. The number of fused-ring (bicyclic) bond motifs is 1. The summed E-state index contributed by atoms with van der Waals surface area (Å²) in [7, 11) is 3.21. The fourth-order valence-corrected chi connectivity index (χ4v) is 2.26. The summed E-state index contributed by atoms with van der Waals surface area (Å²) in [4.78, 5) is 19.2. The monoisotopic (exact) mass is 273 g/mol. The molecule has 0 aliphatic carbocycles. The normalized spacial score (nSPS) is 13.8. The number of methoxy groups -OCH3 is 2. The highest BCUT2D eigenvalue weighted by Gasteiger charge is 2.23. The third kappa shape index (κ3) is 2.22. The van der Waals surface area contributed by atoms with E-state index < -0.39 is 0 Å². The molecule has 2 aromatic rings. The van der Waals surface area contributed by atoms with Gasteiger partial charge in [0.25, 0.3) is 0 Å². The molecule has 3 heterocycles. The number of hydrogen-bond donors (Lipinski definition) is 0. The number of anilines is 1. The fourth-order valence-electron chi connectivity index (χ4n) is 2.26. The maximum atomic E-state index is 5.30. The van der Waals surface area contributed by atoms with E-state index in [1.807, 2.05) is 0 Å². The van der Waals surface area contributed by atoms with Crippen LogP contribution in [-0.2, 0) is 13.0 Å². The third-order valence-corrected chi connectivity index (χ3v) is 3.27. The Morgan fingerprint density at radius 2 is 2.05 bits per heavy atom. The van der Waals surface area contributed by atoms with Gasteiger partial charge in [0.2, 0.25) is 17.7 Å². The highest BCUT2D eigenvalue weighted by molar-refractivity contribution is 5.41. The minimum absolute atomic E-state index is 0.553. The molecule has 0 saturated heterocycles. The smallest absolute Gasteiger partial charge is 0.228 e. The summed E-state index contributed by atoms with van der Waals surface area (Å²) in [5.41, 5.74) is 2.02. The molecule has 2 aromatic heterocycles. The van der Waals surface area contributed by atoms with E-state index in [2.05, 4.69) is 24.8 Å². The van der Waals surface area contributed by atoms with E-state index in [0.717, 1.165) is 24.2 Å². The van der Waals surface area contributed by atoms with E-state index >= 15 is 0 Å². The fraction of sp³-hybridized carbons (Fsp3) is 0.385. The molecule has 0 unspecified atom stereocenters. The van der Waals surface area contributed by atoms with Gasteiger partial charge in [0.05, 0.1) is 32.0 Å². The highest BCUT2D eigenvalue weighted by Crippen LogP contribution is 2.26. The molecule has 7 heteroatoms. The van der Waals surface area contributed by atoms with Gasteiger partial charge >= 0.3 is 0 Å². The predicted octanol–water partition coefficient (Wildman–Crippen LogP) is 0.847. The summed E-state index contributed by atoms with van der Waals surface area (Å²) in [5.74, 6) is 1.81. The Hall–Kier alpha value is -2.44. The van der Waals surface area contributed by atoms with Crippen LogP contribution in [0.2, 0.25) is 0 Å². The summed E-state index contributed by atoms with van der Waals surface area (Å²) in [6, 6.07) is 1.73. The minimum Gasteiger partial charge on any atom is -0.481 e. The molecular formula is C13H15N5O2. The standard InChI is InChI=1S/C13H15N5O2/c1-19-11-3-5-14-13(17-11)18-6-4-10-9(7-18)12(20-2)16-8-15-10/h3,5,8H,4,6-7H2,1-2H3. The number of aromatic nitrogens is 4. The Bertz CT molecular complexity index is 605. The van der Waals surface area contributed by atoms with Gasteiger partial charge in [-0.2, -0.15) is 4.98 Å². The van der Waals surface area contributed by atoms with Crippen molar-refractivity contribution in [1.29, 1.82) is 0 Å². The lowest BCUT2D eigenvalue weighted by molar-refractivity contribution is 0.386. The van der Waals surface area contributed by atoms with Gasteiger partial charge in [0, 0.05) is 25.2 Å². The van der Waals surface area contributed by atoms with Crippen molar-refractivity contribution in [2.24, 2.45) is 0 Å². The molecule has 1 aliphatic rings. The van der Waals surface area contributed by atoms with E-state index in [4.69, 9.17) is 9.47 Å². The van der Waals surface area contributed by atoms with Crippen LogP contribution < -0.4 is 14.4 Å². The van der Waals surface area contributed by atoms with Crippen molar-refractivity contribution in [3.63, 3.8) is 0 Å². The van der Waals surface area contributed by atoms with Crippen LogP contribution in [0, 0.1) is 0 Å². The number of hydrogen-bond acceptors (Lipinski definition) is 7. The van der Waals surface area contributed by atoms with E-state index in [-0.39, 0.29) is 0 Å². The van der Waals surface area contributed by atoms with Crippen LogP contribution in [0.15, 0.2) is 18.6 Å². The molecule has 0 spiro atoms. The summed E-state index contributed by atoms with van der Waals surface area (Å²) >= 11 is 0. The number of rotatable bonds is 3. The maximum absolute atomic E-state index is 5.30. The number of ether oxygens (including phenoxy) is 2. The SMILES string of the molecule is COc1ccnc(N2CCc3ncnc(OC)c3C2)n1. The van der Waals surface area contributed by atoms with E-state index in [1.54, 1.807) is 26.5 Å². The van der Waals surface area contributed by atoms with Crippen molar-refractivity contribution in [2.75, 3.05) is 25.7 Å². The lowest BCUT2D eigenvalue weighted by atomic mass is 10.1. The molecule has 3 rings (SSSR count). The van der Waals surface area contributed by atoms with E-state index in [9.17, 15) is 0 Å². The third-order valence-electron chi connectivity index (χ3n) is 3.27. The first kappa shape index (κ1) is 12.6. The second kappa shape index (κ2) is 5.28. The molecule has 0 radical (unpaired) electrons. The lowest BCUT2D eigenvalue weighted by Crippen LogP contribution is -2.32. The zero-order valence-corrected chi connectivity index (χ0v) is 11.4. The highest BCUT2D eigenvalue weighted by atomic mass is 16.5. The quantitative estimate of drug-likeness (QED) is 0.820. The van der Waals surface area contributed by atoms with Gasteiger partial charge in [0.1, 0.15) is 6.33 Å². The van der Waals surface area contributed by atoms with Crippen LogP contribution in [0.3, 0.4) is 0 Å². The van der Waals surface area contributed by atoms with Gasteiger partial charge in [-0.3, -0.25) is 0 Å². The second-order valence-corrected chi connectivity index (χ2v) is 4.38. The zero-order valence-electron chi connectivity index (χ0n) is 11.4. The van der Waals surface area contributed by atoms with E-state index in [1.165, 1.54) is 6.33 Å². The molecule has 0 N–H and O–H groups in total. The van der Waals surface area contributed by atoms with Crippen LogP contribution in [0.5, 0.6) is 11.8 Å². The number of nitrogens with zero attached hydrogens (tertiary/aromatic N) is 5. The van der Waals surface area contributed by atoms with Crippen molar-refractivity contribution in [2.45, 2.75) is 13.0 Å². The van der Waals surface area contributed by atoms with Crippen molar-refractivity contribution >= 4 is 5.95 Å². The average molecular weight is 273 g/mol. The summed E-state index contributed by atoms with van der Waals surface area (Å²) in [5, 5.41) is 0. The molecule has 0 amide bonds. The molecule has 1 aliphatic heterocycles. The molecule has 0 atom stereocenters. The van der Waals surface area contributed by atoms with Gasteiger partial charge in [0.15, 0.2) is 0 Å². The van der Waals surface area contributed by atoms with Crippen molar-refractivity contribution in [1.82, 2.24) is 19.9 Å². The molecule has 0 aromatic carbocycles. The van der Waals surface area contributed by atoms with Gasteiger partial charge in [-0.15, -0.1) is 0 Å². The zero-order chi connectivity index (χ0) is 13.9. The minimum atomic E-state index is 0.553. The van der Waals surface area contributed by atoms with E-state index in [0.29, 0.717) is 24.3 Å². The summed E-state index contributed by atoms with van der Waals surface area (Å²) in [6.07, 6.45) is 4.04. The largest absolute Gasteiger partial charge is 0.481 e. The molecule has 0 fully saturated rings. The molecular weight excluding hydrogens is 258 g/mol. The van der Waals surface area contributed by atoms with Crippen LogP contribution in [0.1, 0.15) is 11.3 Å². The van der Waals surface area contributed by atoms with Crippen LogP contribution >= 0.6 is 0 Å². The first-order valence-corrected chi connectivity index (χ1v) is 6.30. The average Bonchev–Trinajstić information content (AvgIpc) is 2.53. The maximum Gasteiger partial charge on any atom is 0.228 e. The Labute approximate surface area is 116 Å². The Morgan fingerprint density at radius 1 is 1.15 bits per heavy atom. The Morgan fingerprint density at radius 3 is 2.85 bits per heavy atom. The van der Waals surface area contributed by atoms with Crippen LogP contribution in [0.4, 0.5) is 5.95 Å². The van der Waals surface area contributed by atoms with Crippen molar-refractivity contribution in [3.8, 4) is 11.8 Å². The lowest BCUT2D eigenvalue weighted by Gasteiger charge is -2.28. The summed E-state index contributed by atoms with van der Waals surface area (Å²) in [6.45, 7) is 1.44. The molecule has 104 valence electrons. The van der Waals surface area contributed by atoms with Gasteiger partial charge in [-0.1, -0.05) is 0 Å². The molecule has 0 saturated carbocycles. The Kier molecular flexibility index (Phi) is 3.32.